The van der Waals surface area contributed by atoms with Gasteiger partial charge in [-0.15, -0.1) is 12.4 Å². The normalized spacial score (nSPS) is 13.2. The van der Waals surface area contributed by atoms with Crippen molar-refractivity contribution in [2.24, 2.45) is 5.92 Å². The van der Waals surface area contributed by atoms with Crippen molar-refractivity contribution in [1.29, 1.82) is 0 Å². The fourth-order valence-electron chi connectivity index (χ4n) is 3.62. The van der Waals surface area contributed by atoms with Crippen LogP contribution in [0.3, 0.4) is 0 Å². The molecule has 0 N–H and O–H groups in total. The summed E-state index contributed by atoms with van der Waals surface area (Å²) in [7, 11) is 0. The molecule has 1 aromatic rings. The Morgan fingerprint density at radius 2 is 1.28 bits per heavy atom. The molecule has 146 valence electrons. The third-order valence-electron chi connectivity index (χ3n) is 5.15. The quantitative estimate of drug-likeness (QED) is 0.228. The van der Waals surface area contributed by atoms with Crippen molar-refractivity contribution in [2.45, 2.75) is 103 Å². The summed E-state index contributed by atoms with van der Waals surface area (Å²) in [5.74, 6) is 0.731. The van der Waals surface area contributed by atoms with Gasteiger partial charge in [0.05, 0.1) is 0 Å². The molecule has 0 saturated heterocycles. The van der Waals surface area contributed by atoms with Gasteiger partial charge in [0.25, 0.3) is 0 Å². The van der Waals surface area contributed by atoms with E-state index in [1.54, 1.807) is 0 Å². The summed E-state index contributed by atoms with van der Waals surface area (Å²) in [6.45, 7) is 4.59. The highest BCUT2D eigenvalue weighted by Crippen LogP contribution is 2.26. The van der Waals surface area contributed by atoms with Gasteiger partial charge in [-0.25, -0.2) is 0 Å². The Bertz CT molecular complexity index is 379. The molecule has 0 aliphatic heterocycles. The summed E-state index contributed by atoms with van der Waals surface area (Å²) < 4.78 is 0. The van der Waals surface area contributed by atoms with Gasteiger partial charge in [-0.3, -0.25) is 0 Å². The Kier molecular flexibility index (Phi) is 17.2. The first-order chi connectivity index (χ1) is 11.8. The maximum atomic E-state index is 4.97. The number of halogens is 1. The lowest BCUT2D eigenvalue weighted by Gasteiger charge is -2.23. The lowest BCUT2D eigenvalue weighted by Crippen LogP contribution is -2.18. The summed E-state index contributed by atoms with van der Waals surface area (Å²) in [5, 5.41) is 0.565. The second kappa shape index (κ2) is 17.3. The third kappa shape index (κ3) is 12.8. The molecule has 0 bridgehead atoms. The van der Waals surface area contributed by atoms with Crippen molar-refractivity contribution < 1.29 is 0 Å². The van der Waals surface area contributed by atoms with Gasteiger partial charge in [0.2, 0.25) is 0 Å². The number of unbranched alkanes of at least 4 members (excludes halogenated alkanes) is 8. The van der Waals surface area contributed by atoms with E-state index in [1.807, 2.05) is 0 Å². The number of hydrogen-bond acceptors (Lipinski definition) is 1. The SMILES string of the molecule is CCCCCCCCCCCC(S)C(CCC)Cc1ccccc1.Cl. The minimum absolute atomic E-state index is 0. The average molecular weight is 385 g/mol. The predicted octanol–water partition coefficient (Wildman–Crippen LogP) is 8.29. The molecule has 0 amide bonds. The molecule has 0 aromatic heterocycles. The monoisotopic (exact) mass is 384 g/mol. The molecule has 0 aliphatic rings. The van der Waals surface area contributed by atoms with Gasteiger partial charge < -0.3 is 0 Å². The second-order valence-corrected chi connectivity index (χ2v) is 8.09. The lowest BCUT2D eigenvalue weighted by molar-refractivity contribution is 0.430. The lowest BCUT2D eigenvalue weighted by atomic mass is 9.89. The van der Waals surface area contributed by atoms with Crippen LogP contribution >= 0.6 is 25.0 Å². The molecule has 0 saturated carbocycles. The van der Waals surface area contributed by atoms with Gasteiger partial charge in [0.1, 0.15) is 0 Å². The van der Waals surface area contributed by atoms with Crippen LogP contribution in [0.1, 0.15) is 96.5 Å². The van der Waals surface area contributed by atoms with E-state index in [0.717, 1.165) is 5.92 Å². The van der Waals surface area contributed by atoms with Crippen LogP contribution in [0.25, 0.3) is 0 Å². The second-order valence-electron chi connectivity index (χ2n) is 7.42. The van der Waals surface area contributed by atoms with E-state index in [4.69, 9.17) is 12.6 Å². The predicted molar refractivity (Wildman–Crippen MR) is 120 cm³/mol. The average Bonchev–Trinajstić information content (AvgIpc) is 2.60. The van der Waals surface area contributed by atoms with Gasteiger partial charge in [0, 0.05) is 5.25 Å². The Morgan fingerprint density at radius 1 is 0.720 bits per heavy atom. The Morgan fingerprint density at radius 3 is 1.84 bits per heavy atom. The first kappa shape index (κ1) is 24.9. The van der Waals surface area contributed by atoms with Crippen LogP contribution < -0.4 is 0 Å². The number of rotatable bonds is 15. The summed E-state index contributed by atoms with van der Waals surface area (Å²) in [6, 6.07) is 11.0. The van der Waals surface area contributed by atoms with Crippen molar-refractivity contribution in [2.75, 3.05) is 0 Å². The van der Waals surface area contributed by atoms with E-state index in [-0.39, 0.29) is 12.4 Å². The van der Waals surface area contributed by atoms with Gasteiger partial charge in [0.15, 0.2) is 0 Å². The van der Waals surface area contributed by atoms with Gasteiger partial charge in [-0.05, 0) is 30.7 Å². The van der Waals surface area contributed by atoms with Crippen molar-refractivity contribution in [3.8, 4) is 0 Å². The third-order valence-corrected chi connectivity index (χ3v) is 5.83. The maximum Gasteiger partial charge on any atom is 0.00482 e. The first-order valence-corrected chi connectivity index (χ1v) is 11.0. The highest BCUT2D eigenvalue weighted by atomic mass is 35.5. The fourth-order valence-corrected chi connectivity index (χ4v) is 4.06. The zero-order chi connectivity index (χ0) is 17.5. The molecular formula is C23H41ClS. The van der Waals surface area contributed by atoms with E-state index in [2.05, 4.69) is 44.2 Å². The zero-order valence-electron chi connectivity index (χ0n) is 16.6. The van der Waals surface area contributed by atoms with Gasteiger partial charge >= 0.3 is 0 Å². The van der Waals surface area contributed by atoms with Gasteiger partial charge in [-0.1, -0.05) is 108 Å². The summed E-state index contributed by atoms with van der Waals surface area (Å²) >= 11 is 4.97. The van der Waals surface area contributed by atoms with Crippen LogP contribution in [0.5, 0.6) is 0 Å². The molecule has 1 aromatic carbocycles. The summed E-state index contributed by atoms with van der Waals surface area (Å²) in [4.78, 5) is 0. The molecule has 1 rings (SSSR count). The summed E-state index contributed by atoms with van der Waals surface area (Å²) in [6.07, 6.45) is 17.8. The molecule has 0 nitrogen and oxygen atoms in total. The number of thiol groups is 1. The zero-order valence-corrected chi connectivity index (χ0v) is 18.3. The van der Waals surface area contributed by atoms with Crippen molar-refractivity contribution in [3.05, 3.63) is 35.9 Å². The minimum Gasteiger partial charge on any atom is -0.176 e. The van der Waals surface area contributed by atoms with Gasteiger partial charge in [-0.2, -0.15) is 12.6 Å². The van der Waals surface area contributed by atoms with E-state index in [0.29, 0.717) is 5.25 Å². The molecule has 2 heteroatoms. The molecule has 0 fully saturated rings. The topological polar surface area (TPSA) is 0 Å². The van der Waals surface area contributed by atoms with Crippen LogP contribution in [0.2, 0.25) is 0 Å². The molecule has 0 radical (unpaired) electrons. The van der Waals surface area contributed by atoms with E-state index in [1.165, 1.54) is 89.0 Å². The van der Waals surface area contributed by atoms with Crippen molar-refractivity contribution >= 4 is 25.0 Å². The van der Waals surface area contributed by atoms with Crippen LogP contribution in [-0.2, 0) is 6.42 Å². The van der Waals surface area contributed by atoms with Crippen molar-refractivity contribution in [3.63, 3.8) is 0 Å². The van der Waals surface area contributed by atoms with Crippen LogP contribution in [0, 0.1) is 5.92 Å². The Balaban J connectivity index is 0.00000576. The Labute approximate surface area is 169 Å². The highest BCUT2D eigenvalue weighted by molar-refractivity contribution is 7.81. The molecular weight excluding hydrogens is 344 g/mol. The van der Waals surface area contributed by atoms with Crippen molar-refractivity contribution in [1.82, 2.24) is 0 Å². The Hall–Kier alpha value is -0.140. The molecule has 2 unspecified atom stereocenters. The maximum absolute atomic E-state index is 4.97. The van der Waals surface area contributed by atoms with Crippen LogP contribution in [0.4, 0.5) is 0 Å². The minimum atomic E-state index is 0. The first-order valence-electron chi connectivity index (χ1n) is 10.5. The van der Waals surface area contributed by atoms with E-state index < -0.39 is 0 Å². The number of benzene rings is 1. The fraction of sp³-hybridized carbons (Fsp3) is 0.739. The molecule has 0 heterocycles. The molecule has 25 heavy (non-hydrogen) atoms. The largest absolute Gasteiger partial charge is 0.176 e. The summed E-state index contributed by atoms with van der Waals surface area (Å²) in [5.41, 5.74) is 1.47. The number of hydrogen-bond donors (Lipinski definition) is 1. The standard InChI is InChI=1S/C23H40S.ClH/c1-3-5-6-7-8-9-10-11-15-19-23(24)22(16-4-2)20-21-17-13-12-14-18-21;/h12-14,17-18,22-24H,3-11,15-16,19-20H2,1-2H3;1H. The van der Waals surface area contributed by atoms with Crippen LogP contribution in [-0.4, -0.2) is 5.25 Å². The van der Waals surface area contributed by atoms with Crippen LogP contribution in [0.15, 0.2) is 30.3 Å². The highest BCUT2D eigenvalue weighted by Gasteiger charge is 2.17. The molecule has 0 aliphatic carbocycles. The molecule has 2 atom stereocenters. The molecule has 0 spiro atoms. The van der Waals surface area contributed by atoms with E-state index in [9.17, 15) is 0 Å². The smallest absolute Gasteiger partial charge is 0.00482 e. The van der Waals surface area contributed by atoms with E-state index >= 15 is 0 Å².